The summed E-state index contributed by atoms with van der Waals surface area (Å²) in [4.78, 5) is 16.9. The van der Waals surface area contributed by atoms with E-state index in [1.165, 1.54) is 12.1 Å². The Morgan fingerprint density at radius 3 is 2.31 bits per heavy atom. The minimum atomic E-state index is -0.400. The molecule has 0 aliphatic rings. The molecular weight excluding hydrogens is 365 g/mol. The van der Waals surface area contributed by atoms with E-state index < -0.39 is 5.82 Å². The van der Waals surface area contributed by atoms with Crippen molar-refractivity contribution in [2.24, 2.45) is 0 Å². The van der Waals surface area contributed by atoms with Crippen LogP contribution in [0.25, 0.3) is 11.1 Å². The lowest BCUT2D eigenvalue weighted by molar-refractivity contribution is 0.102. The Balaban J connectivity index is 1.47. The Labute approximate surface area is 168 Å². The second kappa shape index (κ2) is 8.35. The van der Waals surface area contributed by atoms with E-state index in [4.69, 9.17) is 0 Å². The van der Waals surface area contributed by atoms with Crippen molar-refractivity contribution in [2.45, 2.75) is 0 Å². The zero-order chi connectivity index (χ0) is 20.1. The molecule has 1 amide bonds. The Kier molecular flexibility index (Phi) is 5.29. The minimum Gasteiger partial charge on any atom is -0.340 e. The lowest BCUT2D eigenvalue weighted by Crippen LogP contribution is -2.12. The number of carbonyl (C=O) groups excluding carboxylic acids is 1. The molecule has 0 bridgehead atoms. The molecule has 1 heterocycles. The van der Waals surface area contributed by atoms with E-state index in [0.29, 0.717) is 17.1 Å². The molecule has 5 heteroatoms. The van der Waals surface area contributed by atoms with E-state index >= 15 is 0 Å². The fourth-order valence-corrected chi connectivity index (χ4v) is 2.92. The molecule has 2 N–H and O–H groups in total. The van der Waals surface area contributed by atoms with Crippen molar-refractivity contribution in [3.63, 3.8) is 0 Å². The lowest BCUT2D eigenvalue weighted by Gasteiger charge is -2.09. The number of pyridine rings is 1. The first kappa shape index (κ1) is 18.4. The van der Waals surface area contributed by atoms with Crippen molar-refractivity contribution in [3.8, 4) is 11.1 Å². The molecule has 0 saturated carbocycles. The second-order valence-electron chi connectivity index (χ2n) is 6.47. The van der Waals surface area contributed by atoms with Crippen LogP contribution in [0.4, 0.5) is 21.6 Å². The number of aromatic nitrogens is 1. The highest BCUT2D eigenvalue weighted by Crippen LogP contribution is 2.22. The van der Waals surface area contributed by atoms with Crippen LogP contribution in [0.3, 0.4) is 0 Å². The number of carbonyl (C=O) groups is 1. The number of nitrogens with one attached hydrogen (secondary N) is 2. The number of anilines is 3. The van der Waals surface area contributed by atoms with Gasteiger partial charge in [-0.3, -0.25) is 4.79 Å². The Bertz CT molecular complexity index is 1130. The quantitative estimate of drug-likeness (QED) is 0.452. The number of hydrogen-bond donors (Lipinski definition) is 2. The molecule has 0 spiro atoms. The first-order valence-corrected chi connectivity index (χ1v) is 9.13. The Morgan fingerprint density at radius 2 is 1.55 bits per heavy atom. The number of rotatable bonds is 5. The van der Waals surface area contributed by atoms with Crippen LogP contribution in [-0.2, 0) is 0 Å². The van der Waals surface area contributed by atoms with Gasteiger partial charge in [-0.05, 0) is 54.1 Å². The molecule has 3 aromatic carbocycles. The summed E-state index contributed by atoms with van der Waals surface area (Å²) in [5, 5.41) is 5.89. The molecule has 4 rings (SSSR count). The SMILES string of the molecule is O=C(Nc1cccc(F)c1)c1cccc(Nc2ccc(-c3ccccc3)cn2)c1. The van der Waals surface area contributed by atoms with E-state index in [0.717, 1.165) is 16.8 Å². The monoisotopic (exact) mass is 383 g/mol. The van der Waals surface area contributed by atoms with Crippen LogP contribution in [0.1, 0.15) is 10.4 Å². The second-order valence-corrected chi connectivity index (χ2v) is 6.47. The van der Waals surface area contributed by atoms with Gasteiger partial charge in [-0.15, -0.1) is 0 Å². The maximum atomic E-state index is 13.3. The van der Waals surface area contributed by atoms with Crippen molar-refractivity contribution in [1.29, 1.82) is 0 Å². The third-order valence-electron chi connectivity index (χ3n) is 4.35. The summed E-state index contributed by atoms with van der Waals surface area (Å²) in [6.45, 7) is 0. The average molecular weight is 383 g/mol. The normalized spacial score (nSPS) is 10.4. The predicted molar refractivity (Wildman–Crippen MR) is 114 cm³/mol. The van der Waals surface area contributed by atoms with Gasteiger partial charge in [-0.2, -0.15) is 0 Å². The van der Waals surface area contributed by atoms with Crippen molar-refractivity contribution in [3.05, 3.63) is 109 Å². The summed E-state index contributed by atoms with van der Waals surface area (Å²) < 4.78 is 13.3. The fraction of sp³-hybridized carbons (Fsp3) is 0. The van der Waals surface area contributed by atoms with Crippen molar-refractivity contribution in [2.75, 3.05) is 10.6 Å². The van der Waals surface area contributed by atoms with E-state index in [1.807, 2.05) is 48.5 Å². The number of hydrogen-bond acceptors (Lipinski definition) is 3. The summed E-state index contributed by atoms with van der Waals surface area (Å²) in [7, 11) is 0. The topological polar surface area (TPSA) is 54.0 Å². The molecular formula is C24H18FN3O. The summed E-state index contributed by atoms with van der Waals surface area (Å²) in [5.41, 5.74) is 3.73. The molecule has 0 atom stereocenters. The summed E-state index contributed by atoms with van der Waals surface area (Å²) in [5.74, 6) is -0.0396. The Morgan fingerprint density at radius 1 is 0.759 bits per heavy atom. The van der Waals surface area contributed by atoms with Gasteiger partial charge in [0, 0.05) is 28.7 Å². The van der Waals surface area contributed by atoms with Gasteiger partial charge in [-0.1, -0.05) is 42.5 Å². The zero-order valence-electron chi connectivity index (χ0n) is 15.5. The van der Waals surface area contributed by atoms with Crippen LogP contribution in [0.15, 0.2) is 97.2 Å². The van der Waals surface area contributed by atoms with Gasteiger partial charge in [0.15, 0.2) is 0 Å². The van der Waals surface area contributed by atoms with E-state index in [1.54, 1.807) is 36.5 Å². The fourth-order valence-electron chi connectivity index (χ4n) is 2.92. The van der Waals surface area contributed by atoms with E-state index in [2.05, 4.69) is 15.6 Å². The molecule has 142 valence electrons. The van der Waals surface area contributed by atoms with Gasteiger partial charge in [0.25, 0.3) is 5.91 Å². The third-order valence-corrected chi connectivity index (χ3v) is 4.35. The van der Waals surface area contributed by atoms with Crippen LogP contribution in [0, 0.1) is 5.82 Å². The largest absolute Gasteiger partial charge is 0.340 e. The number of benzene rings is 3. The van der Waals surface area contributed by atoms with Gasteiger partial charge in [-0.25, -0.2) is 9.37 Å². The summed E-state index contributed by atoms with van der Waals surface area (Å²) in [6, 6.07) is 26.8. The molecule has 29 heavy (non-hydrogen) atoms. The van der Waals surface area contributed by atoms with Gasteiger partial charge in [0.2, 0.25) is 0 Å². The van der Waals surface area contributed by atoms with Crippen molar-refractivity contribution in [1.82, 2.24) is 4.98 Å². The standard InChI is InChI=1S/C24H18FN3O/c25-20-9-5-11-22(15-20)28-24(29)18-8-4-10-21(14-18)27-23-13-12-19(16-26-23)17-6-2-1-3-7-17/h1-16H,(H,26,27)(H,28,29). The summed E-state index contributed by atoms with van der Waals surface area (Å²) >= 11 is 0. The van der Waals surface area contributed by atoms with E-state index in [9.17, 15) is 9.18 Å². The predicted octanol–water partition coefficient (Wildman–Crippen LogP) is 5.88. The van der Waals surface area contributed by atoms with Gasteiger partial charge in [0.1, 0.15) is 11.6 Å². The molecule has 0 radical (unpaired) electrons. The molecule has 4 aromatic rings. The van der Waals surface area contributed by atoms with Crippen LogP contribution >= 0.6 is 0 Å². The van der Waals surface area contributed by atoms with Gasteiger partial charge < -0.3 is 10.6 Å². The van der Waals surface area contributed by atoms with Crippen molar-refractivity contribution < 1.29 is 9.18 Å². The Hall–Kier alpha value is -3.99. The average Bonchev–Trinajstić information content (AvgIpc) is 2.75. The molecule has 0 aliphatic heterocycles. The first-order chi connectivity index (χ1) is 14.2. The molecule has 0 saturated heterocycles. The molecule has 0 aliphatic carbocycles. The van der Waals surface area contributed by atoms with Crippen LogP contribution in [0.2, 0.25) is 0 Å². The molecule has 0 fully saturated rings. The smallest absolute Gasteiger partial charge is 0.255 e. The third kappa shape index (κ3) is 4.65. The number of nitrogens with zero attached hydrogens (tertiary/aromatic N) is 1. The van der Waals surface area contributed by atoms with E-state index in [-0.39, 0.29) is 5.91 Å². The van der Waals surface area contributed by atoms with Crippen LogP contribution in [-0.4, -0.2) is 10.9 Å². The highest BCUT2D eigenvalue weighted by molar-refractivity contribution is 6.04. The van der Waals surface area contributed by atoms with Gasteiger partial charge in [0.05, 0.1) is 0 Å². The molecule has 0 unspecified atom stereocenters. The number of amides is 1. The molecule has 4 nitrogen and oxygen atoms in total. The molecule has 1 aromatic heterocycles. The summed E-state index contributed by atoms with van der Waals surface area (Å²) in [6.07, 6.45) is 1.80. The number of halogens is 1. The minimum absolute atomic E-state index is 0.313. The van der Waals surface area contributed by atoms with Crippen molar-refractivity contribution >= 4 is 23.1 Å². The highest BCUT2D eigenvalue weighted by Gasteiger charge is 2.08. The van der Waals surface area contributed by atoms with Gasteiger partial charge >= 0.3 is 0 Å². The van der Waals surface area contributed by atoms with Crippen LogP contribution < -0.4 is 10.6 Å². The maximum Gasteiger partial charge on any atom is 0.255 e. The highest BCUT2D eigenvalue weighted by atomic mass is 19.1. The lowest BCUT2D eigenvalue weighted by atomic mass is 10.1. The maximum absolute atomic E-state index is 13.3. The van der Waals surface area contributed by atoms with Crippen LogP contribution in [0.5, 0.6) is 0 Å². The first-order valence-electron chi connectivity index (χ1n) is 9.13. The zero-order valence-corrected chi connectivity index (χ0v) is 15.5.